The smallest absolute Gasteiger partial charge is 0.125 e. The summed E-state index contributed by atoms with van der Waals surface area (Å²) in [5.74, 6) is 0.542. The summed E-state index contributed by atoms with van der Waals surface area (Å²) in [6.45, 7) is 1.53. The van der Waals surface area contributed by atoms with E-state index in [-0.39, 0.29) is 18.5 Å². The van der Waals surface area contributed by atoms with E-state index in [2.05, 4.69) is 4.90 Å². The highest BCUT2D eigenvalue weighted by Crippen LogP contribution is 2.40. The molecule has 1 aliphatic carbocycles. The summed E-state index contributed by atoms with van der Waals surface area (Å²) in [6.07, 6.45) is 1.75. The molecule has 0 aromatic heterocycles. The number of aliphatic hydroxyl groups excluding tert-OH is 2. The van der Waals surface area contributed by atoms with Crippen LogP contribution in [0.2, 0.25) is 0 Å². The highest BCUT2D eigenvalue weighted by atomic mass is 19.1. The molecule has 2 fully saturated rings. The fourth-order valence-electron chi connectivity index (χ4n) is 3.35. The summed E-state index contributed by atoms with van der Waals surface area (Å²) in [7, 11) is 0. The average molecular weight is 251 g/mol. The number of fused-ring (bicyclic) bond motifs is 1. The number of halogens is 1. The second-order valence-corrected chi connectivity index (χ2v) is 5.45. The largest absolute Gasteiger partial charge is 0.393 e. The van der Waals surface area contributed by atoms with Crippen molar-refractivity contribution in [2.24, 2.45) is 11.8 Å². The van der Waals surface area contributed by atoms with E-state index in [0.29, 0.717) is 17.4 Å². The Morgan fingerprint density at radius 1 is 1.22 bits per heavy atom. The molecule has 1 aliphatic heterocycles. The first kappa shape index (κ1) is 11.9. The molecule has 1 aromatic rings. The lowest BCUT2D eigenvalue weighted by Gasteiger charge is -2.21. The molecule has 1 heterocycles. The van der Waals surface area contributed by atoms with Crippen molar-refractivity contribution in [3.05, 3.63) is 29.6 Å². The number of anilines is 1. The Hall–Kier alpha value is -1.13. The van der Waals surface area contributed by atoms with Crippen LogP contribution in [0.25, 0.3) is 0 Å². The van der Waals surface area contributed by atoms with Gasteiger partial charge in [0.15, 0.2) is 0 Å². The first-order valence-electron chi connectivity index (χ1n) is 6.50. The number of benzene rings is 1. The molecule has 3 unspecified atom stereocenters. The third-order valence-corrected chi connectivity index (χ3v) is 4.31. The van der Waals surface area contributed by atoms with Gasteiger partial charge >= 0.3 is 0 Å². The molecule has 1 aromatic carbocycles. The molecule has 1 saturated carbocycles. The van der Waals surface area contributed by atoms with Crippen LogP contribution in [0.5, 0.6) is 0 Å². The summed E-state index contributed by atoms with van der Waals surface area (Å²) in [6, 6.07) is 4.69. The van der Waals surface area contributed by atoms with Crippen LogP contribution in [-0.2, 0) is 6.61 Å². The van der Waals surface area contributed by atoms with Crippen LogP contribution in [0, 0.1) is 17.7 Å². The molecule has 0 spiro atoms. The molecule has 3 nitrogen and oxygen atoms in total. The van der Waals surface area contributed by atoms with Crippen molar-refractivity contribution in [2.45, 2.75) is 25.6 Å². The van der Waals surface area contributed by atoms with Crippen LogP contribution < -0.4 is 4.90 Å². The molecule has 4 heteroatoms. The van der Waals surface area contributed by atoms with Gasteiger partial charge in [0.2, 0.25) is 0 Å². The summed E-state index contributed by atoms with van der Waals surface area (Å²) in [4.78, 5) is 2.12. The van der Waals surface area contributed by atoms with Gasteiger partial charge < -0.3 is 15.1 Å². The van der Waals surface area contributed by atoms with Crippen molar-refractivity contribution in [3.8, 4) is 0 Å². The molecule has 0 amide bonds. The topological polar surface area (TPSA) is 43.7 Å². The maximum atomic E-state index is 13.4. The van der Waals surface area contributed by atoms with Crippen LogP contribution >= 0.6 is 0 Å². The zero-order chi connectivity index (χ0) is 12.7. The van der Waals surface area contributed by atoms with Crippen LogP contribution in [0.4, 0.5) is 10.1 Å². The molecule has 3 rings (SSSR count). The van der Waals surface area contributed by atoms with Crippen LogP contribution in [-0.4, -0.2) is 29.4 Å². The molecular weight excluding hydrogens is 233 g/mol. The number of hydrogen-bond donors (Lipinski definition) is 2. The lowest BCUT2D eigenvalue weighted by Crippen LogP contribution is -2.24. The number of rotatable bonds is 2. The zero-order valence-electron chi connectivity index (χ0n) is 10.2. The quantitative estimate of drug-likeness (QED) is 0.837. The fourth-order valence-corrected chi connectivity index (χ4v) is 3.35. The SMILES string of the molecule is OCc1cc(F)cc(N2CC3CCC(O)C3C2)c1. The van der Waals surface area contributed by atoms with E-state index in [0.717, 1.165) is 31.6 Å². The molecule has 2 aliphatic rings. The summed E-state index contributed by atoms with van der Waals surface area (Å²) in [5.41, 5.74) is 1.42. The minimum Gasteiger partial charge on any atom is -0.393 e. The average Bonchev–Trinajstić information content (AvgIpc) is 2.91. The summed E-state index contributed by atoms with van der Waals surface area (Å²) in [5, 5.41) is 19.0. The Morgan fingerprint density at radius 2 is 2.06 bits per heavy atom. The molecule has 3 atom stereocenters. The van der Waals surface area contributed by atoms with Crippen LogP contribution in [0.3, 0.4) is 0 Å². The molecule has 0 radical (unpaired) electrons. The van der Waals surface area contributed by atoms with E-state index in [1.807, 2.05) is 6.07 Å². The van der Waals surface area contributed by atoms with Gasteiger partial charge in [-0.05, 0) is 42.5 Å². The number of aliphatic hydroxyl groups is 2. The second kappa shape index (κ2) is 4.52. The first-order chi connectivity index (χ1) is 8.67. The Kier molecular flexibility index (Phi) is 2.99. The van der Waals surface area contributed by atoms with E-state index < -0.39 is 0 Å². The summed E-state index contributed by atoms with van der Waals surface area (Å²) >= 11 is 0. The minimum atomic E-state index is -0.311. The molecular formula is C14H18FNO2. The van der Waals surface area contributed by atoms with E-state index in [1.165, 1.54) is 12.1 Å². The van der Waals surface area contributed by atoms with Gasteiger partial charge in [0.25, 0.3) is 0 Å². The van der Waals surface area contributed by atoms with Crippen molar-refractivity contribution < 1.29 is 14.6 Å². The van der Waals surface area contributed by atoms with Crippen molar-refractivity contribution in [2.75, 3.05) is 18.0 Å². The molecule has 1 saturated heterocycles. The summed E-state index contributed by atoms with van der Waals surface area (Å²) < 4.78 is 13.4. The zero-order valence-corrected chi connectivity index (χ0v) is 10.2. The van der Waals surface area contributed by atoms with Gasteiger partial charge in [0.1, 0.15) is 5.82 Å². The van der Waals surface area contributed by atoms with Gasteiger partial charge in [0, 0.05) is 24.7 Å². The van der Waals surface area contributed by atoms with Gasteiger partial charge in [-0.1, -0.05) is 0 Å². The van der Waals surface area contributed by atoms with Crippen molar-refractivity contribution in [3.63, 3.8) is 0 Å². The first-order valence-corrected chi connectivity index (χ1v) is 6.50. The monoisotopic (exact) mass is 251 g/mol. The Labute approximate surface area is 106 Å². The lowest BCUT2D eigenvalue weighted by molar-refractivity contribution is 0.133. The lowest BCUT2D eigenvalue weighted by atomic mass is 10.00. The number of hydrogen-bond acceptors (Lipinski definition) is 3. The van der Waals surface area contributed by atoms with Gasteiger partial charge in [-0.3, -0.25) is 0 Å². The minimum absolute atomic E-state index is 0.145. The third kappa shape index (κ3) is 1.99. The standard InChI is InChI=1S/C14H18FNO2/c15-11-3-9(8-17)4-12(5-11)16-6-10-1-2-14(18)13(10)7-16/h3-5,10,13-14,17-18H,1-2,6-8H2. The Bertz CT molecular complexity index is 451. The van der Waals surface area contributed by atoms with Gasteiger partial charge in [-0.25, -0.2) is 4.39 Å². The highest BCUT2D eigenvalue weighted by Gasteiger charge is 2.41. The van der Waals surface area contributed by atoms with Gasteiger partial charge in [-0.2, -0.15) is 0 Å². The molecule has 0 bridgehead atoms. The normalized spacial score (nSPS) is 30.8. The van der Waals surface area contributed by atoms with E-state index >= 15 is 0 Å². The molecule has 18 heavy (non-hydrogen) atoms. The van der Waals surface area contributed by atoms with Crippen LogP contribution in [0.15, 0.2) is 18.2 Å². The van der Waals surface area contributed by atoms with Gasteiger partial charge in [-0.15, -0.1) is 0 Å². The van der Waals surface area contributed by atoms with Crippen molar-refractivity contribution >= 4 is 5.69 Å². The van der Waals surface area contributed by atoms with Gasteiger partial charge in [0.05, 0.1) is 12.7 Å². The predicted octanol–water partition coefficient (Wildman–Crippen LogP) is 1.53. The fraction of sp³-hybridized carbons (Fsp3) is 0.571. The predicted molar refractivity (Wildman–Crippen MR) is 66.8 cm³/mol. The number of nitrogens with zero attached hydrogens (tertiary/aromatic N) is 1. The Morgan fingerprint density at radius 3 is 2.78 bits per heavy atom. The second-order valence-electron chi connectivity index (χ2n) is 5.45. The van der Waals surface area contributed by atoms with E-state index in [1.54, 1.807) is 0 Å². The van der Waals surface area contributed by atoms with Crippen molar-refractivity contribution in [1.82, 2.24) is 0 Å². The third-order valence-electron chi connectivity index (χ3n) is 4.31. The maximum Gasteiger partial charge on any atom is 0.125 e. The van der Waals surface area contributed by atoms with E-state index in [4.69, 9.17) is 5.11 Å². The molecule has 98 valence electrons. The Balaban J connectivity index is 1.82. The van der Waals surface area contributed by atoms with Crippen molar-refractivity contribution in [1.29, 1.82) is 0 Å². The van der Waals surface area contributed by atoms with Crippen LogP contribution in [0.1, 0.15) is 18.4 Å². The molecule has 2 N–H and O–H groups in total. The maximum absolute atomic E-state index is 13.4. The van der Waals surface area contributed by atoms with E-state index in [9.17, 15) is 9.50 Å². The highest BCUT2D eigenvalue weighted by molar-refractivity contribution is 5.50.